The molecule has 0 unspecified atom stereocenters. The molecule has 0 radical (unpaired) electrons. The zero-order valence-electron chi connectivity index (χ0n) is 18.3. The van der Waals surface area contributed by atoms with Crippen LogP contribution < -0.4 is 19.7 Å². The first-order chi connectivity index (χ1) is 16.0. The fourth-order valence-corrected chi connectivity index (χ4v) is 3.64. The van der Waals surface area contributed by atoms with E-state index in [4.69, 9.17) is 9.47 Å². The quantitative estimate of drug-likeness (QED) is 0.492. The first-order valence-corrected chi connectivity index (χ1v) is 10.6. The number of halogens is 1. The van der Waals surface area contributed by atoms with Gasteiger partial charge in [-0.2, -0.15) is 0 Å². The minimum absolute atomic E-state index is 0.0565. The lowest BCUT2D eigenvalue weighted by Crippen LogP contribution is -2.33. The molecule has 4 rings (SSSR count). The lowest BCUT2D eigenvalue weighted by atomic mass is 10.0. The van der Waals surface area contributed by atoms with Gasteiger partial charge in [0.05, 0.1) is 24.5 Å². The zero-order valence-corrected chi connectivity index (χ0v) is 18.3. The molecule has 1 aliphatic heterocycles. The number of hydrogen-bond acceptors (Lipinski definition) is 5. The molecule has 33 heavy (non-hydrogen) atoms. The highest BCUT2D eigenvalue weighted by atomic mass is 19.1. The van der Waals surface area contributed by atoms with Crippen molar-refractivity contribution in [2.24, 2.45) is 0 Å². The van der Waals surface area contributed by atoms with E-state index in [9.17, 15) is 14.0 Å². The molecule has 1 heterocycles. The maximum atomic E-state index is 14.5. The average molecular weight is 446 g/mol. The van der Waals surface area contributed by atoms with Gasteiger partial charge in [-0.1, -0.05) is 42.5 Å². The van der Waals surface area contributed by atoms with Crippen LogP contribution in [0.3, 0.4) is 0 Å². The van der Waals surface area contributed by atoms with Gasteiger partial charge in [-0.3, -0.25) is 9.59 Å². The Morgan fingerprint density at radius 3 is 2.18 bits per heavy atom. The molecule has 1 aliphatic rings. The molecule has 0 aliphatic carbocycles. The van der Waals surface area contributed by atoms with E-state index in [1.807, 2.05) is 19.9 Å². The van der Waals surface area contributed by atoms with E-state index in [1.54, 1.807) is 48.5 Å². The van der Waals surface area contributed by atoms with Gasteiger partial charge >= 0.3 is 0 Å². The summed E-state index contributed by atoms with van der Waals surface area (Å²) >= 11 is 0. The van der Waals surface area contributed by atoms with Crippen molar-refractivity contribution in [3.05, 3.63) is 89.9 Å². The summed E-state index contributed by atoms with van der Waals surface area (Å²) in [5.41, 5.74) is 1.20. The van der Waals surface area contributed by atoms with Gasteiger partial charge < -0.3 is 14.8 Å². The van der Waals surface area contributed by atoms with E-state index in [2.05, 4.69) is 5.32 Å². The number of hydrogen-bond donors (Lipinski definition) is 1. The lowest BCUT2D eigenvalue weighted by Gasteiger charge is -2.16. The number of imide groups is 1. The van der Waals surface area contributed by atoms with Crippen molar-refractivity contribution in [3.63, 3.8) is 0 Å². The largest absolute Gasteiger partial charge is 0.490 e. The van der Waals surface area contributed by atoms with Crippen molar-refractivity contribution in [1.82, 2.24) is 0 Å². The van der Waals surface area contributed by atoms with E-state index in [0.717, 1.165) is 4.90 Å². The van der Waals surface area contributed by atoms with Crippen LogP contribution in [0.4, 0.5) is 15.8 Å². The lowest BCUT2D eigenvalue weighted by molar-refractivity contribution is -0.120. The minimum atomic E-state index is -0.660. The third-order valence-corrected chi connectivity index (χ3v) is 5.05. The van der Waals surface area contributed by atoms with Gasteiger partial charge in [0.2, 0.25) is 0 Å². The van der Waals surface area contributed by atoms with E-state index in [-0.39, 0.29) is 17.0 Å². The summed E-state index contributed by atoms with van der Waals surface area (Å²) in [7, 11) is 0. The van der Waals surface area contributed by atoms with Crippen molar-refractivity contribution in [3.8, 4) is 11.5 Å². The molecule has 0 saturated carbocycles. The Hall–Kier alpha value is -4.13. The van der Waals surface area contributed by atoms with Crippen LogP contribution in [0, 0.1) is 5.82 Å². The Bertz CT molecular complexity index is 1220. The van der Waals surface area contributed by atoms with Crippen LogP contribution in [0.2, 0.25) is 0 Å². The highest BCUT2D eigenvalue weighted by Gasteiger charge is 2.41. The number of ether oxygens (including phenoxy) is 2. The molecule has 3 aromatic carbocycles. The fraction of sp³-hybridized carbons (Fsp3) is 0.154. The highest BCUT2D eigenvalue weighted by Crippen LogP contribution is 2.36. The Kier molecular flexibility index (Phi) is 6.40. The molecular formula is C26H23FN2O4. The molecule has 0 bridgehead atoms. The molecule has 2 amide bonds. The second-order valence-corrected chi connectivity index (χ2v) is 7.17. The van der Waals surface area contributed by atoms with Crippen LogP contribution >= 0.6 is 0 Å². The van der Waals surface area contributed by atoms with Crippen molar-refractivity contribution in [2.75, 3.05) is 23.4 Å². The average Bonchev–Trinajstić information content (AvgIpc) is 3.06. The number of nitrogens with zero attached hydrogens (tertiary/aromatic N) is 1. The number of amides is 2. The van der Waals surface area contributed by atoms with Crippen LogP contribution in [-0.2, 0) is 9.59 Å². The number of carbonyl (C=O) groups excluding carboxylic acids is 2. The maximum absolute atomic E-state index is 14.5. The third-order valence-electron chi connectivity index (χ3n) is 5.05. The van der Waals surface area contributed by atoms with Crippen LogP contribution in [0.5, 0.6) is 11.5 Å². The SMILES string of the molecule is CCOc1ccc(NC2=C(c3ccccc3)C(=O)N(c3ccccc3F)C2=O)cc1OCC. The summed E-state index contributed by atoms with van der Waals surface area (Å²) in [6, 6.07) is 19.7. The van der Waals surface area contributed by atoms with Crippen molar-refractivity contribution in [2.45, 2.75) is 13.8 Å². The molecular weight excluding hydrogens is 423 g/mol. The molecule has 0 spiro atoms. The van der Waals surface area contributed by atoms with E-state index in [1.165, 1.54) is 18.2 Å². The summed E-state index contributed by atoms with van der Waals surface area (Å²) in [6.45, 7) is 4.64. The Balaban J connectivity index is 1.79. The number of anilines is 2. The van der Waals surface area contributed by atoms with Gasteiger partial charge in [-0.25, -0.2) is 9.29 Å². The molecule has 0 saturated heterocycles. The molecule has 0 fully saturated rings. The van der Waals surface area contributed by atoms with E-state index >= 15 is 0 Å². The number of benzene rings is 3. The topological polar surface area (TPSA) is 67.9 Å². The summed E-state index contributed by atoms with van der Waals surface area (Å²) in [5.74, 6) is -0.823. The van der Waals surface area contributed by atoms with Gasteiger partial charge in [0.1, 0.15) is 11.5 Å². The first kappa shape index (κ1) is 22.1. The van der Waals surface area contributed by atoms with Gasteiger partial charge in [0, 0.05) is 11.8 Å². The molecule has 6 nitrogen and oxygen atoms in total. The monoisotopic (exact) mass is 446 g/mol. The summed E-state index contributed by atoms with van der Waals surface area (Å²) in [6.07, 6.45) is 0. The highest BCUT2D eigenvalue weighted by molar-refractivity contribution is 6.46. The zero-order chi connectivity index (χ0) is 23.4. The van der Waals surface area contributed by atoms with E-state index < -0.39 is 17.6 Å². The second kappa shape index (κ2) is 9.56. The number of para-hydroxylation sites is 1. The van der Waals surface area contributed by atoms with Gasteiger partial charge in [-0.05, 0) is 43.7 Å². The molecule has 0 atom stereocenters. The Morgan fingerprint density at radius 2 is 1.48 bits per heavy atom. The van der Waals surface area contributed by atoms with Crippen molar-refractivity contribution in [1.29, 1.82) is 0 Å². The number of carbonyl (C=O) groups is 2. The molecule has 7 heteroatoms. The van der Waals surface area contributed by atoms with Gasteiger partial charge in [0.25, 0.3) is 11.8 Å². The first-order valence-electron chi connectivity index (χ1n) is 10.6. The molecule has 1 N–H and O–H groups in total. The van der Waals surface area contributed by atoms with Crippen molar-refractivity contribution < 1.29 is 23.5 Å². The smallest absolute Gasteiger partial charge is 0.282 e. The van der Waals surface area contributed by atoms with E-state index in [0.29, 0.717) is 36.0 Å². The van der Waals surface area contributed by atoms with Crippen LogP contribution in [-0.4, -0.2) is 25.0 Å². The Morgan fingerprint density at radius 1 is 0.818 bits per heavy atom. The van der Waals surface area contributed by atoms with Gasteiger partial charge in [-0.15, -0.1) is 0 Å². The molecule has 168 valence electrons. The van der Waals surface area contributed by atoms with Crippen LogP contribution in [0.1, 0.15) is 19.4 Å². The summed E-state index contributed by atoms with van der Waals surface area (Å²) in [5, 5.41) is 3.07. The number of nitrogens with one attached hydrogen (secondary N) is 1. The predicted molar refractivity (Wildman–Crippen MR) is 125 cm³/mol. The standard InChI is InChI=1S/C26H23FN2O4/c1-3-32-21-15-14-18(16-22(21)33-4-2)28-24-23(17-10-6-5-7-11-17)25(30)29(26(24)31)20-13-9-8-12-19(20)27/h5-16,28H,3-4H2,1-2H3. The minimum Gasteiger partial charge on any atom is -0.490 e. The summed E-state index contributed by atoms with van der Waals surface area (Å²) in [4.78, 5) is 27.6. The molecule has 3 aromatic rings. The summed E-state index contributed by atoms with van der Waals surface area (Å²) < 4.78 is 25.8. The number of rotatable bonds is 8. The van der Waals surface area contributed by atoms with Crippen LogP contribution in [0.25, 0.3) is 5.57 Å². The fourth-order valence-electron chi connectivity index (χ4n) is 3.64. The Labute approximate surface area is 191 Å². The van der Waals surface area contributed by atoms with Gasteiger partial charge in [0.15, 0.2) is 11.5 Å². The third kappa shape index (κ3) is 4.30. The van der Waals surface area contributed by atoms with Crippen molar-refractivity contribution >= 4 is 28.8 Å². The normalized spacial score (nSPS) is 13.5. The maximum Gasteiger partial charge on any atom is 0.282 e. The predicted octanol–water partition coefficient (Wildman–Crippen LogP) is 5.02. The second-order valence-electron chi connectivity index (χ2n) is 7.17. The van der Waals surface area contributed by atoms with Crippen LogP contribution in [0.15, 0.2) is 78.5 Å². The molecule has 0 aromatic heterocycles.